The molecule has 0 aromatic rings. The van der Waals surface area contributed by atoms with Crippen LogP contribution in [0.1, 0.15) is 0 Å². The first-order chi connectivity index (χ1) is 1.41. The predicted molar refractivity (Wildman–Crippen MR) is 19.8 cm³/mol. The Labute approximate surface area is 45.4 Å². The summed E-state index contributed by atoms with van der Waals surface area (Å²) in [7, 11) is 0. The molecular formula is C2H6IrN2-2. The second kappa shape index (κ2) is 31.2. The third-order valence-corrected chi connectivity index (χ3v) is 0. The van der Waals surface area contributed by atoms with E-state index in [1.54, 1.807) is 0 Å². The minimum absolute atomic E-state index is 0. The molecule has 0 rings (SSSR count). The van der Waals surface area contributed by atoms with Gasteiger partial charge in [0.1, 0.15) is 0 Å². The molecule has 3 N–H and O–H groups in total. The molecule has 0 aliphatic rings. The summed E-state index contributed by atoms with van der Waals surface area (Å²) in [6.07, 6.45) is 1.00. The monoisotopic (exact) mass is 251 g/mol. The Morgan fingerprint density at radius 1 is 1.60 bits per heavy atom. The first-order valence-electron chi connectivity index (χ1n) is 0.697. The number of hydrogen-bond acceptors (Lipinski definition) is 0. The quantitative estimate of drug-likeness (QED) is 0.630. The van der Waals surface area contributed by atoms with Crippen molar-refractivity contribution in [3.05, 3.63) is 24.7 Å². The normalized spacial score (nSPS) is 2.40. The van der Waals surface area contributed by atoms with Crippen molar-refractivity contribution in [3.63, 3.8) is 0 Å². The molecule has 0 saturated heterocycles. The first-order valence-corrected chi connectivity index (χ1v) is 0.697. The molecule has 2 nitrogen and oxygen atoms in total. The minimum atomic E-state index is 0. The molecule has 0 aliphatic carbocycles. The number of hydrogen-bond donors (Lipinski definition) is 0. The van der Waals surface area contributed by atoms with E-state index in [1.165, 1.54) is 0 Å². The molecule has 0 bridgehead atoms. The van der Waals surface area contributed by atoms with Crippen LogP contribution in [-0.2, 0) is 20.1 Å². The molecule has 0 heterocycles. The summed E-state index contributed by atoms with van der Waals surface area (Å²) in [6, 6.07) is 0. The molecule has 0 saturated carbocycles. The van der Waals surface area contributed by atoms with Gasteiger partial charge in [0.2, 0.25) is 0 Å². The van der Waals surface area contributed by atoms with Gasteiger partial charge >= 0.3 is 0 Å². The van der Waals surface area contributed by atoms with E-state index in [0.717, 1.165) is 6.20 Å². The molecule has 0 atom stereocenters. The maximum atomic E-state index is 5.97. The van der Waals surface area contributed by atoms with Gasteiger partial charge in [-0.15, -0.1) is 6.58 Å². The number of rotatable bonds is 0. The van der Waals surface area contributed by atoms with E-state index >= 15 is 0 Å². The fraction of sp³-hybridized carbons (Fsp3) is 0. The average Bonchev–Trinajstić information content (AvgIpc) is 0.918. The van der Waals surface area contributed by atoms with Crippen molar-refractivity contribution >= 4 is 0 Å². The van der Waals surface area contributed by atoms with Gasteiger partial charge in [0.05, 0.1) is 0 Å². The summed E-state index contributed by atoms with van der Waals surface area (Å²) in [5, 5.41) is 0. The van der Waals surface area contributed by atoms with Crippen molar-refractivity contribution in [2.45, 2.75) is 0 Å². The Morgan fingerprint density at radius 3 is 1.60 bits per heavy atom. The van der Waals surface area contributed by atoms with E-state index in [1.807, 2.05) is 0 Å². The Hall–Kier alpha value is 0.149. The summed E-state index contributed by atoms with van der Waals surface area (Å²) >= 11 is 0. The SMILES string of the molecule is C=C[NH-].[Ir].[NH2-]. The third kappa shape index (κ3) is 859. The summed E-state index contributed by atoms with van der Waals surface area (Å²) < 4.78 is 0. The van der Waals surface area contributed by atoms with Crippen molar-refractivity contribution in [1.82, 2.24) is 0 Å². The van der Waals surface area contributed by atoms with E-state index in [0.29, 0.717) is 0 Å². The summed E-state index contributed by atoms with van der Waals surface area (Å²) in [5.41, 5.74) is 5.97. The van der Waals surface area contributed by atoms with Crippen LogP contribution in [0.3, 0.4) is 0 Å². The van der Waals surface area contributed by atoms with Crippen LogP contribution in [0.2, 0.25) is 0 Å². The van der Waals surface area contributed by atoms with Crippen LogP contribution in [0.5, 0.6) is 0 Å². The molecule has 0 unspecified atom stereocenters. The predicted octanol–water partition coefficient (Wildman–Crippen LogP) is 1.90. The summed E-state index contributed by atoms with van der Waals surface area (Å²) in [6.45, 7) is 3.03. The molecule has 0 fully saturated rings. The Bertz CT molecular complexity index is 15.1. The van der Waals surface area contributed by atoms with E-state index < -0.39 is 0 Å². The zero-order valence-electron chi connectivity index (χ0n) is 2.70. The van der Waals surface area contributed by atoms with Crippen LogP contribution in [-0.4, -0.2) is 0 Å². The van der Waals surface area contributed by atoms with Crippen LogP contribution < -0.4 is 0 Å². The van der Waals surface area contributed by atoms with Gasteiger partial charge in [-0.3, -0.25) is 0 Å². The maximum absolute atomic E-state index is 5.97. The van der Waals surface area contributed by atoms with Crippen LogP contribution in [0.15, 0.2) is 12.8 Å². The fourth-order valence-electron chi connectivity index (χ4n) is 0. The first kappa shape index (κ1) is 19.2. The van der Waals surface area contributed by atoms with Crippen molar-refractivity contribution < 1.29 is 20.1 Å². The number of nitrogens with two attached hydrogens (primary N) is 1. The summed E-state index contributed by atoms with van der Waals surface area (Å²) in [4.78, 5) is 0. The van der Waals surface area contributed by atoms with Gasteiger partial charge in [0.15, 0.2) is 0 Å². The minimum Gasteiger partial charge on any atom is -0.705 e. The van der Waals surface area contributed by atoms with Gasteiger partial charge < -0.3 is 11.9 Å². The second-order valence-electron chi connectivity index (χ2n) is 0.204. The van der Waals surface area contributed by atoms with Gasteiger partial charge in [-0.2, -0.15) is 6.20 Å². The Kier molecular flexibility index (Phi) is 120. The van der Waals surface area contributed by atoms with Crippen molar-refractivity contribution in [1.29, 1.82) is 0 Å². The molecular weight excluding hydrogens is 244 g/mol. The van der Waals surface area contributed by atoms with Crippen molar-refractivity contribution in [2.75, 3.05) is 0 Å². The van der Waals surface area contributed by atoms with Crippen LogP contribution in [0, 0.1) is 0 Å². The second-order valence-corrected chi connectivity index (χ2v) is 0.204. The molecule has 5 heavy (non-hydrogen) atoms. The smallest absolute Gasteiger partial charge is 0 e. The van der Waals surface area contributed by atoms with Gasteiger partial charge in [0.25, 0.3) is 0 Å². The Balaban J connectivity index is -0.0000000200. The van der Waals surface area contributed by atoms with Crippen LogP contribution >= 0.6 is 0 Å². The van der Waals surface area contributed by atoms with Crippen LogP contribution in [0.25, 0.3) is 11.9 Å². The van der Waals surface area contributed by atoms with Gasteiger partial charge in [-0.25, -0.2) is 0 Å². The molecule has 1 radical (unpaired) electrons. The van der Waals surface area contributed by atoms with Gasteiger partial charge in [0, 0.05) is 20.1 Å². The van der Waals surface area contributed by atoms with Gasteiger partial charge in [-0.1, -0.05) is 0 Å². The average molecular weight is 250 g/mol. The van der Waals surface area contributed by atoms with Crippen molar-refractivity contribution in [2.24, 2.45) is 0 Å². The van der Waals surface area contributed by atoms with E-state index in [-0.39, 0.29) is 26.3 Å². The topological polar surface area (TPSA) is 57.3 Å². The molecule has 0 aromatic heterocycles. The van der Waals surface area contributed by atoms with E-state index in [4.69, 9.17) is 5.73 Å². The zero-order chi connectivity index (χ0) is 2.71. The van der Waals surface area contributed by atoms with E-state index in [2.05, 4.69) is 6.58 Å². The summed E-state index contributed by atoms with van der Waals surface area (Å²) in [5.74, 6) is 0. The molecule has 0 amide bonds. The zero-order valence-corrected chi connectivity index (χ0v) is 5.09. The largest absolute Gasteiger partial charge is 0.705 e. The molecule has 3 heteroatoms. The Morgan fingerprint density at radius 2 is 1.60 bits per heavy atom. The van der Waals surface area contributed by atoms with Crippen molar-refractivity contribution in [3.8, 4) is 0 Å². The molecule has 0 aliphatic heterocycles. The maximum Gasteiger partial charge on any atom is 0 e. The fourth-order valence-corrected chi connectivity index (χ4v) is 0. The molecule has 0 aromatic carbocycles. The number of nitrogens with one attached hydrogen (secondary N) is 1. The molecule has 0 spiro atoms. The molecule has 35 valence electrons. The van der Waals surface area contributed by atoms with E-state index in [9.17, 15) is 0 Å². The standard InChI is InChI=1S/C2H4N.Ir.H2N/c1-2-3;;/h2-3H,1H2;;1H2/q-1;;-1. The third-order valence-electron chi connectivity index (χ3n) is 0. The van der Waals surface area contributed by atoms with Crippen LogP contribution in [0.4, 0.5) is 0 Å². The van der Waals surface area contributed by atoms with Gasteiger partial charge in [-0.05, 0) is 0 Å².